The molecule has 1 atom stereocenters. The molecule has 4 nitrogen and oxygen atoms in total. The molecule has 2 heterocycles. The Balaban J connectivity index is 2.16. The lowest BCUT2D eigenvalue weighted by molar-refractivity contribution is -0.138. The lowest BCUT2D eigenvalue weighted by Gasteiger charge is -2.27. The molecular weight excluding hydrogens is 248 g/mol. The molecule has 0 aromatic carbocycles. The Morgan fingerprint density at radius 1 is 1.50 bits per heavy atom. The first-order chi connectivity index (χ1) is 8.49. The number of piperidine rings is 1. The number of carboxylic acids is 1. The molecule has 0 spiro atoms. The molecule has 1 aliphatic heterocycles. The second-order valence-corrected chi connectivity index (χ2v) is 6.20. The first-order valence-electron chi connectivity index (χ1n) is 6.37. The van der Waals surface area contributed by atoms with E-state index in [-0.39, 0.29) is 0 Å². The van der Waals surface area contributed by atoms with E-state index in [1.54, 1.807) is 18.3 Å². The Labute approximate surface area is 112 Å². The first kappa shape index (κ1) is 13.5. The van der Waals surface area contributed by atoms with E-state index in [4.69, 9.17) is 5.11 Å². The third-order valence-electron chi connectivity index (χ3n) is 3.68. The van der Waals surface area contributed by atoms with Gasteiger partial charge in [0.05, 0.1) is 16.6 Å². The van der Waals surface area contributed by atoms with Gasteiger partial charge in [0.15, 0.2) is 0 Å². The van der Waals surface area contributed by atoms with Gasteiger partial charge in [0.2, 0.25) is 0 Å². The highest BCUT2D eigenvalue weighted by Crippen LogP contribution is 2.35. The maximum atomic E-state index is 11.1. The van der Waals surface area contributed by atoms with Crippen LogP contribution in [-0.4, -0.2) is 41.1 Å². The van der Waals surface area contributed by atoms with Crippen LogP contribution in [0.3, 0.4) is 0 Å². The molecule has 100 valence electrons. The first-order valence-corrected chi connectivity index (χ1v) is 7.19. The zero-order valence-corrected chi connectivity index (χ0v) is 12.0. The van der Waals surface area contributed by atoms with Crippen LogP contribution in [0.2, 0.25) is 0 Å². The second-order valence-electron chi connectivity index (χ2n) is 5.14. The monoisotopic (exact) mass is 268 g/mol. The van der Waals surface area contributed by atoms with Gasteiger partial charge in [0.1, 0.15) is 0 Å². The van der Waals surface area contributed by atoms with Crippen LogP contribution in [0, 0.1) is 6.92 Å². The molecule has 5 heteroatoms. The van der Waals surface area contributed by atoms with Gasteiger partial charge in [-0.15, -0.1) is 11.3 Å². The van der Waals surface area contributed by atoms with Crippen molar-refractivity contribution in [1.82, 2.24) is 9.88 Å². The van der Waals surface area contributed by atoms with Crippen molar-refractivity contribution in [3.63, 3.8) is 0 Å². The van der Waals surface area contributed by atoms with Gasteiger partial charge >= 0.3 is 5.97 Å². The smallest absolute Gasteiger partial charge is 0.311 e. The number of carbonyl (C=O) groups is 1. The van der Waals surface area contributed by atoms with Crippen LogP contribution in [0.4, 0.5) is 0 Å². The van der Waals surface area contributed by atoms with Gasteiger partial charge in [-0.2, -0.15) is 0 Å². The second kappa shape index (κ2) is 5.36. The zero-order chi connectivity index (χ0) is 13.3. The van der Waals surface area contributed by atoms with Crippen molar-refractivity contribution in [1.29, 1.82) is 0 Å². The number of rotatable bonds is 3. The summed E-state index contributed by atoms with van der Waals surface area (Å²) >= 11 is 1.59. The van der Waals surface area contributed by atoms with Crippen molar-refractivity contribution < 1.29 is 9.90 Å². The van der Waals surface area contributed by atoms with Gasteiger partial charge in [-0.05, 0) is 46.8 Å². The fourth-order valence-electron chi connectivity index (χ4n) is 2.37. The Hall–Kier alpha value is -0.940. The van der Waals surface area contributed by atoms with Crippen LogP contribution < -0.4 is 0 Å². The summed E-state index contributed by atoms with van der Waals surface area (Å²) in [6.45, 7) is 5.87. The fourth-order valence-corrected chi connectivity index (χ4v) is 3.65. The molecule has 0 amide bonds. The van der Waals surface area contributed by atoms with Crippen molar-refractivity contribution in [2.75, 3.05) is 20.1 Å². The highest BCUT2D eigenvalue weighted by atomic mass is 32.1. The van der Waals surface area contributed by atoms with Gasteiger partial charge in [-0.25, -0.2) is 4.98 Å². The van der Waals surface area contributed by atoms with E-state index in [0.717, 1.165) is 41.5 Å². The number of thiazole rings is 1. The maximum Gasteiger partial charge on any atom is 0.311 e. The molecule has 1 aromatic rings. The zero-order valence-electron chi connectivity index (χ0n) is 11.1. The topological polar surface area (TPSA) is 53.4 Å². The maximum absolute atomic E-state index is 11.1. The molecule has 1 fully saturated rings. The van der Waals surface area contributed by atoms with E-state index in [0.29, 0.717) is 5.92 Å². The number of aryl methyl sites for hydroxylation is 1. The van der Waals surface area contributed by atoms with E-state index in [9.17, 15) is 4.79 Å². The highest BCUT2D eigenvalue weighted by molar-refractivity contribution is 7.12. The van der Waals surface area contributed by atoms with E-state index >= 15 is 0 Å². The third kappa shape index (κ3) is 2.72. The van der Waals surface area contributed by atoms with Gasteiger partial charge < -0.3 is 10.0 Å². The van der Waals surface area contributed by atoms with Gasteiger partial charge in [0, 0.05) is 10.8 Å². The van der Waals surface area contributed by atoms with Crippen LogP contribution in [0.25, 0.3) is 0 Å². The summed E-state index contributed by atoms with van der Waals surface area (Å²) in [6, 6.07) is 0. The van der Waals surface area contributed by atoms with Gasteiger partial charge in [-0.3, -0.25) is 4.79 Å². The summed E-state index contributed by atoms with van der Waals surface area (Å²) in [5, 5.41) is 10.2. The van der Waals surface area contributed by atoms with Gasteiger partial charge in [-0.1, -0.05) is 0 Å². The standard InChI is InChI=1S/C13H20N2O2S/c1-8(13(16)17)11-9(2)14-12(18-11)10-4-6-15(3)7-5-10/h8,10H,4-7H2,1-3H3,(H,16,17). The summed E-state index contributed by atoms with van der Waals surface area (Å²) < 4.78 is 0. The predicted octanol–water partition coefficient (Wildman–Crippen LogP) is 2.45. The molecule has 1 unspecified atom stereocenters. The average molecular weight is 268 g/mol. The molecule has 2 rings (SSSR count). The largest absolute Gasteiger partial charge is 0.481 e. The summed E-state index contributed by atoms with van der Waals surface area (Å²) in [7, 11) is 2.14. The molecule has 1 N–H and O–H groups in total. The number of hydrogen-bond donors (Lipinski definition) is 1. The van der Waals surface area contributed by atoms with Crippen molar-refractivity contribution in [2.45, 2.75) is 38.5 Å². The summed E-state index contributed by atoms with van der Waals surface area (Å²) in [5.74, 6) is -0.696. The van der Waals surface area contributed by atoms with Crippen molar-refractivity contribution in [3.05, 3.63) is 15.6 Å². The summed E-state index contributed by atoms with van der Waals surface area (Å²) in [5.41, 5.74) is 0.892. The molecule has 0 saturated carbocycles. The average Bonchev–Trinajstić information content (AvgIpc) is 2.71. The van der Waals surface area contributed by atoms with Crippen LogP contribution in [-0.2, 0) is 4.79 Å². The van der Waals surface area contributed by atoms with E-state index in [2.05, 4.69) is 16.9 Å². The number of aliphatic carboxylic acids is 1. The van der Waals surface area contributed by atoms with Gasteiger partial charge in [0.25, 0.3) is 0 Å². The Morgan fingerprint density at radius 3 is 2.67 bits per heavy atom. The Kier molecular flexibility index (Phi) is 4.02. The van der Waals surface area contributed by atoms with Crippen LogP contribution in [0.5, 0.6) is 0 Å². The van der Waals surface area contributed by atoms with E-state index in [1.807, 2.05) is 6.92 Å². The number of likely N-dealkylation sites (tertiary alicyclic amines) is 1. The minimum Gasteiger partial charge on any atom is -0.481 e. The molecule has 0 bridgehead atoms. The minimum atomic E-state index is -0.767. The lowest BCUT2D eigenvalue weighted by atomic mass is 9.98. The van der Waals surface area contributed by atoms with Crippen molar-refractivity contribution in [2.24, 2.45) is 0 Å². The Bertz CT molecular complexity index is 436. The number of carboxylic acid groups (broad SMARTS) is 1. The van der Waals surface area contributed by atoms with Crippen molar-refractivity contribution in [3.8, 4) is 0 Å². The van der Waals surface area contributed by atoms with Crippen LogP contribution in [0.15, 0.2) is 0 Å². The van der Waals surface area contributed by atoms with Crippen LogP contribution in [0.1, 0.15) is 47.2 Å². The SMILES string of the molecule is Cc1nc(C2CCN(C)CC2)sc1C(C)C(=O)O. The van der Waals surface area contributed by atoms with E-state index in [1.165, 1.54) is 0 Å². The lowest BCUT2D eigenvalue weighted by Crippen LogP contribution is -2.29. The summed E-state index contributed by atoms with van der Waals surface area (Å²) in [4.78, 5) is 18.9. The fraction of sp³-hybridized carbons (Fsp3) is 0.692. The third-order valence-corrected chi connectivity index (χ3v) is 5.18. The molecular formula is C13H20N2O2S. The molecule has 1 aliphatic rings. The quantitative estimate of drug-likeness (QED) is 0.915. The molecule has 0 aliphatic carbocycles. The number of nitrogens with zero attached hydrogens (tertiary/aromatic N) is 2. The number of hydrogen-bond acceptors (Lipinski definition) is 4. The highest BCUT2D eigenvalue weighted by Gasteiger charge is 2.25. The normalized spacial score (nSPS) is 19.9. The minimum absolute atomic E-state index is 0.442. The number of aromatic nitrogens is 1. The molecule has 0 radical (unpaired) electrons. The van der Waals surface area contributed by atoms with Crippen molar-refractivity contribution >= 4 is 17.3 Å². The summed E-state index contributed by atoms with van der Waals surface area (Å²) in [6.07, 6.45) is 2.26. The molecule has 18 heavy (non-hydrogen) atoms. The predicted molar refractivity (Wildman–Crippen MR) is 72.4 cm³/mol. The molecule has 1 saturated heterocycles. The molecule has 1 aromatic heterocycles. The van der Waals surface area contributed by atoms with E-state index < -0.39 is 11.9 Å². The Morgan fingerprint density at radius 2 is 2.11 bits per heavy atom. The van der Waals surface area contributed by atoms with Crippen LogP contribution >= 0.6 is 11.3 Å².